The third-order valence-corrected chi connectivity index (χ3v) is 2.68. The van der Waals surface area contributed by atoms with E-state index in [4.69, 9.17) is 11.5 Å². The van der Waals surface area contributed by atoms with Gasteiger partial charge in [-0.15, -0.1) is 0 Å². The first-order valence-corrected chi connectivity index (χ1v) is 5.02. The lowest BCUT2D eigenvalue weighted by Crippen LogP contribution is -2.38. The third-order valence-electron chi connectivity index (χ3n) is 2.68. The van der Waals surface area contributed by atoms with E-state index in [1.54, 1.807) is 24.3 Å². The number of amides is 2. The summed E-state index contributed by atoms with van der Waals surface area (Å²) < 4.78 is 0. The number of para-hydroxylation sites is 1. The average molecular weight is 219 g/mol. The molecule has 1 aliphatic carbocycles. The summed E-state index contributed by atoms with van der Waals surface area (Å²) in [6, 6.07) is 6.60. The first-order valence-electron chi connectivity index (χ1n) is 5.02. The van der Waals surface area contributed by atoms with Crippen LogP contribution in [0.5, 0.6) is 0 Å². The molecule has 16 heavy (non-hydrogen) atoms. The molecule has 0 unspecified atom stereocenters. The van der Waals surface area contributed by atoms with Gasteiger partial charge in [0.25, 0.3) is 5.91 Å². The largest absolute Gasteiger partial charge is 0.366 e. The minimum atomic E-state index is -0.759. The minimum Gasteiger partial charge on any atom is -0.366 e. The Kier molecular flexibility index (Phi) is 2.40. The molecule has 1 aliphatic rings. The molecular weight excluding hydrogens is 206 g/mol. The molecule has 1 aromatic carbocycles. The SMILES string of the molecule is NC(=O)c1ccccc1NC(=O)C1(N)CC1. The van der Waals surface area contributed by atoms with Crippen molar-refractivity contribution >= 4 is 17.5 Å². The molecular formula is C11H13N3O2. The number of primary amides is 1. The van der Waals surface area contributed by atoms with Crippen molar-refractivity contribution in [3.8, 4) is 0 Å². The predicted molar refractivity (Wildman–Crippen MR) is 59.7 cm³/mol. The molecule has 0 radical (unpaired) electrons. The van der Waals surface area contributed by atoms with E-state index in [0.29, 0.717) is 24.1 Å². The number of rotatable bonds is 3. The zero-order valence-corrected chi connectivity index (χ0v) is 8.69. The molecule has 0 saturated heterocycles. The highest BCUT2D eigenvalue weighted by molar-refractivity contribution is 6.06. The second kappa shape index (κ2) is 3.61. The Balaban J connectivity index is 2.21. The van der Waals surface area contributed by atoms with Crippen LogP contribution < -0.4 is 16.8 Å². The first kappa shape index (κ1) is 10.6. The topological polar surface area (TPSA) is 98.2 Å². The zero-order valence-electron chi connectivity index (χ0n) is 8.69. The van der Waals surface area contributed by atoms with E-state index < -0.39 is 11.4 Å². The van der Waals surface area contributed by atoms with Gasteiger partial charge in [0, 0.05) is 0 Å². The van der Waals surface area contributed by atoms with Gasteiger partial charge in [0.05, 0.1) is 16.8 Å². The second-order valence-corrected chi connectivity index (χ2v) is 4.02. The summed E-state index contributed by atoms with van der Waals surface area (Å²) in [5.74, 6) is -0.834. The van der Waals surface area contributed by atoms with Gasteiger partial charge in [-0.1, -0.05) is 12.1 Å². The first-order chi connectivity index (χ1) is 7.53. The molecule has 1 fully saturated rings. The Hall–Kier alpha value is -1.88. The average Bonchev–Trinajstić information content (AvgIpc) is 2.98. The highest BCUT2D eigenvalue weighted by atomic mass is 16.2. The summed E-state index contributed by atoms with van der Waals surface area (Å²) in [5.41, 5.74) is 10.9. The highest BCUT2D eigenvalue weighted by Gasteiger charge is 2.46. The molecule has 0 aromatic heterocycles. The Labute approximate surface area is 92.8 Å². The smallest absolute Gasteiger partial charge is 0.250 e. The molecule has 0 aliphatic heterocycles. The fourth-order valence-corrected chi connectivity index (χ4v) is 1.42. The number of hydrogen-bond donors (Lipinski definition) is 3. The van der Waals surface area contributed by atoms with Gasteiger partial charge < -0.3 is 16.8 Å². The summed E-state index contributed by atoms with van der Waals surface area (Å²) in [4.78, 5) is 22.8. The van der Waals surface area contributed by atoms with Gasteiger partial charge in [0.2, 0.25) is 5.91 Å². The van der Waals surface area contributed by atoms with Crippen LogP contribution in [0.15, 0.2) is 24.3 Å². The van der Waals surface area contributed by atoms with Crippen LogP contribution in [0.1, 0.15) is 23.2 Å². The number of anilines is 1. The molecule has 0 bridgehead atoms. The summed E-state index contributed by atoms with van der Waals surface area (Å²) in [5, 5.41) is 2.63. The second-order valence-electron chi connectivity index (χ2n) is 4.02. The summed E-state index contributed by atoms with van der Waals surface area (Å²) in [7, 11) is 0. The van der Waals surface area contributed by atoms with Crippen LogP contribution in [0.4, 0.5) is 5.69 Å². The molecule has 5 heteroatoms. The molecule has 1 saturated carbocycles. The lowest BCUT2D eigenvalue weighted by molar-refractivity contribution is -0.118. The molecule has 1 aromatic rings. The Bertz CT molecular complexity index is 452. The Morgan fingerprint density at radius 1 is 1.25 bits per heavy atom. The minimum absolute atomic E-state index is 0.263. The number of carbonyl (C=O) groups excluding carboxylic acids is 2. The van der Waals surface area contributed by atoms with E-state index in [0.717, 1.165) is 0 Å². The maximum Gasteiger partial charge on any atom is 0.250 e. The van der Waals surface area contributed by atoms with Gasteiger partial charge in [-0.05, 0) is 25.0 Å². The van der Waals surface area contributed by atoms with E-state index in [-0.39, 0.29) is 5.91 Å². The molecule has 2 amide bonds. The number of hydrogen-bond acceptors (Lipinski definition) is 3. The number of nitrogens with one attached hydrogen (secondary N) is 1. The van der Waals surface area contributed by atoms with Gasteiger partial charge in [0.1, 0.15) is 0 Å². The van der Waals surface area contributed by atoms with E-state index in [1.807, 2.05) is 0 Å². The van der Waals surface area contributed by atoms with Crippen molar-refractivity contribution < 1.29 is 9.59 Å². The maximum absolute atomic E-state index is 11.7. The molecule has 2 rings (SSSR count). The number of benzene rings is 1. The van der Waals surface area contributed by atoms with E-state index >= 15 is 0 Å². The van der Waals surface area contributed by atoms with Crippen molar-refractivity contribution in [1.29, 1.82) is 0 Å². The van der Waals surface area contributed by atoms with Crippen LogP contribution in [-0.4, -0.2) is 17.4 Å². The van der Waals surface area contributed by atoms with Gasteiger partial charge in [-0.2, -0.15) is 0 Å². The molecule has 5 nitrogen and oxygen atoms in total. The number of carbonyl (C=O) groups is 2. The van der Waals surface area contributed by atoms with Gasteiger partial charge in [-0.25, -0.2) is 0 Å². The van der Waals surface area contributed by atoms with Crippen molar-refractivity contribution in [2.24, 2.45) is 11.5 Å². The maximum atomic E-state index is 11.7. The summed E-state index contributed by atoms with van der Waals surface area (Å²) in [6.45, 7) is 0. The zero-order chi connectivity index (χ0) is 11.8. The van der Waals surface area contributed by atoms with Gasteiger partial charge in [0.15, 0.2) is 0 Å². The van der Waals surface area contributed by atoms with Crippen molar-refractivity contribution in [3.63, 3.8) is 0 Å². The molecule has 0 spiro atoms. The van der Waals surface area contributed by atoms with Crippen molar-refractivity contribution in [1.82, 2.24) is 0 Å². The third kappa shape index (κ3) is 1.90. The van der Waals surface area contributed by atoms with Crippen molar-refractivity contribution in [3.05, 3.63) is 29.8 Å². The van der Waals surface area contributed by atoms with E-state index in [9.17, 15) is 9.59 Å². The molecule has 0 atom stereocenters. The van der Waals surface area contributed by atoms with E-state index in [1.165, 1.54) is 0 Å². The quantitative estimate of drug-likeness (QED) is 0.678. The van der Waals surface area contributed by atoms with Crippen LogP contribution in [-0.2, 0) is 4.79 Å². The summed E-state index contributed by atoms with van der Waals surface area (Å²) in [6.07, 6.45) is 1.36. The monoisotopic (exact) mass is 219 g/mol. The fourth-order valence-electron chi connectivity index (χ4n) is 1.42. The summed E-state index contributed by atoms with van der Waals surface area (Å²) >= 11 is 0. The van der Waals surface area contributed by atoms with Crippen LogP contribution in [0, 0.1) is 0 Å². The standard InChI is InChI=1S/C11H13N3O2/c12-9(15)7-3-1-2-4-8(7)14-10(16)11(13)5-6-11/h1-4H,5-6,13H2,(H2,12,15)(H,14,16). The van der Waals surface area contributed by atoms with Crippen molar-refractivity contribution in [2.45, 2.75) is 18.4 Å². The van der Waals surface area contributed by atoms with Gasteiger partial charge in [-0.3, -0.25) is 9.59 Å². The predicted octanol–water partition coefficient (Wildman–Crippen LogP) is 0.215. The van der Waals surface area contributed by atoms with Crippen LogP contribution in [0.25, 0.3) is 0 Å². The Morgan fingerprint density at radius 2 is 1.88 bits per heavy atom. The Morgan fingerprint density at radius 3 is 2.44 bits per heavy atom. The van der Waals surface area contributed by atoms with Crippen LogP contribution >= 0.6 is 0 Å². The molecule has 5 N–H and O–H groups in total. The highest BCUT2D eigenvalue weighted by Crippen LogP contribution is 2.33. The number of nitrogens with two attached hydrogens (primary N) is 2. The van der Waals surface area contributed by atoms with Crippen LogP contribution in [0.3, 0.4) is 0 Å². The van der Waals surface area contributed by atoms with Crippen molar-refractivity contribution in [2.75, 3.05) is 5.32 Å². The lowest BCUT2D eigenvalue weighted by atomic mass is 10.1. The van der Waals surface area contributed by atoms with Crippen LogP contribution in [0.2, 0.25) is 0 Å². The van der Waals surface area contributed by atoms with Gasteiger partial charge >= 0.3 is 0 Å². The normalized spacial score (nSPS) is 16.6. The fraction of sp³-hybridized carbons (Fsp3) is 0.273. The lowest BCUT2D eigenvalue weighted by Gasteiger charge is -2.12. The molecule has 84 valence electrons. The van der Waals surface area contributed by atoms with E-state index in [2.05, 4.69) is 5.32 Å². The molecule has 0 heterocycles.